The highest BCUT2D eigenvalue weighted by molar-refractivity contribution is 7.98. The Hall–Kier alpha value is -3.75. The fraction of sp³-hybridized carbons (Fsp3) is 0.233. The molecule has 0 aliphatic carbocycles. The van der Waals surface area contributed by atoms with Crippen LogP contribution in [0, 0.1) is 13.8 Å². The smallest absolute Gasteiger partial charge is 0.255 e. The first kappa shape index (κ1) is 26.8. The zero-order chi connectivity index (χ0) is 27.7. The number of aryl methyl sites for hydroxylation is 1. The van der Waals surface area contributed by atoms with Crippen LogP contribution in [0.15, 0.2) is 83.2 Å². The van der Waals surface area contributed by atoms with Crippen molar-refractivity contribution in [3.8, 4) is 0 Å². The van der Waals surface area contributed by atoms with E-state index in [-0.39, 0.29) is 5.91 Å². The molecule has 200 valence electrons. The number of benzene rings is 3. The monoisotopic (exact) mass is 558 g/mol. The molecule has 0 bridgehead atoms. The van der Waals surface area contributed by atoms with E-state index in [1.165, 1.54) is 11.8 Å². The topological polar surface area (TPSA) is 75.1 Å². The summed E-state index contributed by atoms with van der Waals surface area (Å²) in [5.41, 5.74) is 7.32. The number of aromatic nitrogens is 3. The van der Waals surface area contributed by atoms with E-state index in [0.29, 0.717) is 27.5 Å². The molecule has 0 saturated carbocycles. The number of carbonyl (C=O) groups is 1. The zero-order valence-corrected chi connectivity index (χ0v) is 24.2. The molecule has 39 heavy (non-hydrogen) atoms. The van der Waals surface area contributed by atoms with Crippen LogP contribution < -0.4 is 15.5 Å². The molecule has 1 aliphatic rings. The number of amides is 1. The van der Waals surface area contributed by atoms with E-state index in [9.17, 15) is 4.79 Å². The van der Waals surface area contributed by atoms with Gasteiger partial charge in [-0.3, -0.25) is 4.79 Å². The molecule has 0 spiro atoms. The molecule has 2 heterocycles. The van der Waals surface area contributed by atoms with Gasteiger partial charge in [-0.25, -0.2) is 4.68 Å². The van der Waals surface area contributed by atoms with E-state index < -0.39 is 6.04 Å². The van der Waals surface area contributed by atoms with E-state index in [1.54, 1.807) is 0 Å². The normalized spacial score (nSPS) is 14.6. The lowest BCUT2D eigenvalue weighted by Crippen LogP contribution is -2.31. The molecule has 4 aromatic rings. The van der Waals surface area contributed by atoms with Crippen molar-refractivity contribution in [3.63, 3.8) is 0 Å². The van der Waals surface area contributed by atoms with Crippen molar-refractivity contribution in [1.29, 1.82) is 0 Å². The van der Waals surface area contributed by atoms with Gasteiger partial charge < -0.3 is 15.5 Å². The summed E-state index contributed by atoms with van der Waals surface area (Å²) in [4.78, 5) is 20.7. The number of nitrogens with zero attached hydrogens (tertiary/aromatic N) is 4. The lowest BCUT2D eigenvalue weighted by molar-refractivity contribution is -0.113. The summed E-state index contributed by atoms with van der Waals surface area (Å²) in [5.74, 6) is 1.05. The second-order valence-corrected chi connectivity index (χ2v) is 11.1. The van der Waals surface area contributed by atoms with Crippen LogP contribution in [-0.4, -0.2) is 34.8 Å². The van der Waals surface area contributed by atoms with Crippen LogP contribution in [-0.2, 0) is 10.5 Å². The molecular formula is C30H31ClN6OS. The number of nitrogens with one attached hydrogen (secondary N) is 2. The van der Waals surface area contributed by atoms with Crippen LogP contribution in [0.25, 0.3) is 0 Å². The predicted octanol–water partition coefficient (Wildman–Crippen LogP) is 6.83. The van der Waals surface area contributed by atoms with Gasteiger partial charge in [-0.05, 0) is 67.3 Å². The molecule has 0 saturated heterocycles. The molecular weight excluding hydrogens is 528 g/mol. The SMILES string of the molecule is CC1=C(C(=O)Nc2cccc(C)c2C)C(c2ccc(N(C)C)cc2)n2nc(SCc3ccccc3Cl)nc2N1. The van der Waals surface area contributed by atoms with Crippen molar-refractivity contribution in [3.05, 3.63) is 105 Å². The van der Waals surface area contributed by atoms with Crippen LogP contribution >= 0.6 is 23.4 Å². The standard InChI is InChI=1S/C30H31ClN6OS/c1-18-9-8-12-25(19(18)2)33-28(38)26-20(3)32-29-34-30(39-17-22-10-6-7-11-24(22)31)35-37(29)27(26)21-13-15-23(16-14-21)36(4)5/h6-16,27H,17H2,1-5H3,(H,33,38)(H,32,34,35). The molecule has 5 rings (SSSR count). The molecule has 1 amide bonds. The van der Waals surface area contributed by atoms with Gasteiger partial charge in [0.1, 0.15) is 6.04 Å². The number of anilines is 3. The number of hydrogen-bond donors (Lipinski definition) is 2. The summed E-state index contributed by atoms with van der Waals surface area (Å²) in [6, 6.07) is 21.4. The Labute approximate surface area is 238 Å². The van der Waals surface area contributed by atoms with Gasteiger partial charge in [0.2, 0.25) is 11.1 Å². The summed E-state index contributed by atoms with van der Waals surface area (Å²) < 4.78 is 1.81. The third kappa shape index (κ3) is 5.53. The van der Waals surface area contributed by atoms with Gasteiger partial charge in [0.15, 0.2) is 0 Å². The van der Waals surface area contributed by atoms with Crippen molar-refractivity contribution >= 4 is 46.6 Å². The van der Waals surface area contributed by atoms with E-state index >= 15 is 0 Å². The van der Waals surface area contributed by atoms with Crippen LogP contribution in [0.1, 0.15) is 35.2 Å². The predicted molar refractivity (Wildman–Crippen MR) is 161 cm³/mol. The van der Waals surface area contributed by atoms with Crippen LogP contribution in [0.5, 0.6) is 0 Å². The Balaban J connectivity index is 1.52. The van der Waals surface area contributed by atoms with Crippen LogP contribution in [0.4, 0.5) is 17.3 Å². The van der Waals surface area contributed by atoms with Crippen molar-refractivity contribution < 1.29 is 4.79 Å². The summed E-state index contributed by atoms with van der Waals surface area (Å²) in [6.07, 6.45) is 0. The highest BCUT2D eigenvalue weighted by Crippen LogP contribution is 2.38. The first-order valence-electron chi connectivity index (χ1n) is 12.7. The minimum Gasteiger partial charge on any atom is -0.378 e. The van der Waals surface area contributed by atoms with Gasteiger partial charge in [-0.2, -0.15) is 4.98 Å². The highest BCUT2D eigenvalue weighted by Gasteiger charge is 2.34. The van der Waals surface area contributed by atoms with E-state index in [4.69, 9.17) is 21.7 Å². The molecule has 9 heteroatoms. The Kier molecular flexibility index (Phi) is 7.68. The minimum atomic E-state index is -0.454. The molecule has 0 fully saturated rings. The Morgan fingerprint density at radius 3 is 2.51 bits per heavy atom. The third-order valence-electron chi connectivity index (χ3n) is 6.97. The number of allylic oxidation sites excluding steroid dienone is 1. The average molecular weight is 559 g/mol. The number of carbonyl (C=O) groups excluding carboxylic acids is 1. The van der Waals surface area contributed by atoms with E-state index in [0.717, 1.165) is 39.3 Å². The van der Waals surface area contributed by atoms with Gasteiger partial charge in [-0.1, -0.05) is 65.8 Å². The first-order chi connectivity index (χ1) is 18.7. The van der Waals surface area contributed by atoms with Crippen molar-refractivity contribution in [2.24, 2.45) is 0 Å². The first-order valence-corrected chi connectivity index (χ1v) is 14.0. The van der Waals surface area contributed by atoms with Crippen molar-refractivity contribution in [1.82, 2.24) is 14.8 Å². The number of rotatable bonds is 7. The summed E-state index contributed by atoms with van der Waals surface area (Å²) >= 11 is 7.87. The summed E-state index contributed by atoms with van der Waals surface area (Å²) in [5, 5.41) is 12.6. The molecule has 1 unspecified atom stereocenters. The number of thioether (sulfide) groups is 1. The molecule has 0 radical (unpaired) electrons. The maximum absolute atomic E-state index is 13.9. The molecule has 3 aromatic carbocycles. The molecule has 1 aromatic heterocycles. The van der Waals surface area contributed by atoms with Gasteiger partial charge in [0.25, 0.3) is 5.91 Å². The number of fused-ring (bicyclic) bond motifs is 1. The van der Waals surface area contributed by atoms with Crippen molar-refractivity contribution in [2.75, 3.05) is 29.6 Å². The fourth-order valence-electron chi connectivity index (χ4n) is 4.58. The maximum atomic E-state index is 13.9. The van der Waals surface area contributed by atoms with Crippen LogP contribution in [0.2, 0.25) is 5.02 Å². The Morgan fingerprint density at radius 2 is 1.79 bits per heavy atom. The zero-order valence-electron chi connectivity index (χ0n) is 22.6. The van der Waals surface area contributed by atoms with Gasteiger partial charge in [-0.15, -0.1) is 5.10 Å². The van der Waals surface area contributed by atoms with E-state index in [2.05, 4.69) is 22.8 Å². The van der Waals surface area contributed by atoms with Gasteiger partial charge in [0.05, 0.1) is 5.57 Å². The summed E-state index contributed by atoms with van der Waals surface area (Å²) in [6.45, 7) is 5.96. The second kappa shape index (κ2) is 11.2. The minimum absolute atomic E-state index is 0.179. The molecule has 1 aliphatic heterocycles. The van der Waals surface area contributed by atoms with Crippen molar-refractivity contribution in [2.45, 2.75) is 37.7 Å². The lowest BCUT2D eigenvalue weighted by Gasteiger charge is -2.29. The fourth-order valence-corrected chi connectivity index (χ4v) is 5.70. The van der Waals surface area contributed by atoms with E-state index in [1.807, 2.05) is 99.0 Å². The molecule has 2 N–H and O–H groups in total. The lowest BCUT2D eigenvalue weighted by atomic mass is 9.94. The maximum Gasteiger partial charge on any atom is 0.255 e. The Morgan fingerprint density at radius 1 is 1.05 bits per heavy atom. The molecule has 7 nitrogen and oxygen atoms in total. The largest absolute Gasteiger partial charge is 0.378 e. The third-order valence-corrected chi connectivity index (χ3v) is 8.23. The van der Waals surface area contributed by atoms with Gasteiger partial charge in [0, 0.05) is 41.9 Å². The number of hydrogen-bond acceptors (Lipinski definition) is 6. The summed E-state index contributed by atoms with van der Waals surface area (Å²) in [7, 11) is 4.01. The number of halogens is 1. The average Bonchev–Trinajstić information content (AvgIpc) is 3.32. The second-order valence-electron chi connectivity index (χ2n) is 9.80. The highest BCUT2D eigenvalue weighted by atomic mass is 35.5. The molecule has 1 atom stereocenters. The van der Waals surface area contributed by atoms with Crippen LogP contribution in [0.3, 0.4) is 0 Å². The quantitative estimate of drug-likeness (QED) is 0.242. The Bertz CT molecular complexity index is 1560. The van der Waals surface area contributed by atoms with Gasteiger partial charge >= 0.3 is 0 Å².